The molecule has 2 aromatic rings. The number of thiophene rings is 1. The summed E-state index contributed by atoms with van der Waals surface area (Å²) in [7, 11) is 1.53. The molecule has 1 aromatic heterocycles. The molecule has 3 rings (SSSR count). The Balaban J connectivity index is 1.89. The van der Waals surface area contributed by atoms with Gasteiger partial charge >= 0.3 is 12.1 Å². The summed E-state index contributed by atoms with van der Waals surface area (Å²) in [5.41, 5.74) is 0.740. The highest BCUT2D eigenvalue weighted by Gasteiger charge is 2.47. The van der Waals surface area contributed by atoms with Gasteiger partial charge in [0, 0.05) is 22.3 Å². The lowest BCUT2D eigenvalue weighted by Crippen LogP contribution is -2.50. The predicted octanol–water partition coefficient (Wildman–Crippen LogP) is 5.19. The molecule has 5 nitrogen and oxygen atoms in total. The number of benzene rings is 1. The van der Waals surface area contributed by atoms with E-state index in [1.807, 2.05) is 6.92 Å². The molecule has 0 saturated heterocycles. The molecule has 1 aromatic carbocycles. The molecule has 180 valence electrons. The highest BCUT2D eigenvalue weighted by atomic mass is 32.1. The van der Waals surface area contributed by atoms with Gasteiger partial charge < -0.3 is 15.0 Å². The Hall–Kier alpha value is -2.55. The van der Waals surface area contributed by atoms with Gasteiger partial charge in [0.05, 0.1) is 7.11 Å². The molecule has 1 heterocycles. The average Bonchev–Trinajstić information content (AvgIpc) is 3.22. The van der Waals surface area contributed by atoms with E-state index in [9.17, 15) is 22.8 Å². The minimum Gasteiger partial charge on any atom is -0.497 e. The number of carbonyl (C=O) groups is 2. The first kappa shape index (κ1) is 25.1. The van der Waals surface area contributed by atoms with Gasteiger partial charge in [0.15, 0.2) is 0 Å². The number of alkyl halides is 3. The first-order chi connectivity index (χ1) is 15.7. The number of carbonyl (C=O) groups excluding carboxylic acids is 2. The van der Waals surface area contributed by atoms with E-state index in [2.05, 4.69) is 5.32 Å². The lowest BCUT2D eigenvalue weighted by molar-refractivity contribution is -0.188. The second kappa shape index (κ2) is 11.0. The standard InChI is InChI=1S/C24H29F3N2O3S/c1-16-8-13-20(33-16)21(22(30)28-18-6-4-3-5-7-18)29(23(31)24(25,26)27)15-14-17-9-11-19(32-2)12-10-17/h8-13,18,21H,3-7,14-15H2,1-2H3,(H,28,30)/t21-/m1/s1. The van der Waals surface area contributed by atoms with Crippen LogP contribution >= 0.6 is 11.3 Å². The number of rotatable bonds is 8. The number of amides is 2. The summed E-state index contributed by atoms with van der Waals surface area (Å²) in [6.45, 7) is 1.57. The summed E-state index contributed by atoms with van der Waals surface area (Å²) in [5, 5.41) is 2.92. The minimum atomic E-state index is -5.09. The summed E-state index contributed by atoms with van der Waals surface area (Å²) >= 11 is 1.23. The van der Waals surface area contributed by atoms with E-state index in [-0.39, 0.29) is 19.0 Å². The van der Waals surface area contributed by atoms with Gasteiger partial charge in [-0.2, -0.15) is 13.2 Å². The summed E-state index contributed by atoms with van der Waals surface area (Å²) in [5.74, 6) is -1.94. The van der Waals surface area contributed by atoms with Gasteiger partial charge in [-0.3, -0.25) is 9.59 Å². The maximum Gasteiger partial charge on any atom is 0.471 e. The molecule has 2 amide bonds. The van der Waals surface area contributed by atoms with Crippen molar-refractivity contribution < 1.29 is 27.5 Å². The molecule has 0 aliphatic heterocycles. The van der Waals surface area contributed by atoms with Crippen LogP contribution in [0.1, 0.15) is 53.5 Å². The van der Waals surface area contributed by atoms with Gasteiger partial charge in [0.25, 0.3) is 0 Å². The molecule has 0 spiro atoms. The smallest absolute Gasteiger partial charge is 0.471 e. The van der Waals surface area contributed by atoms with E-state index >= 15 is 0 Å². The zero-order valence-corrected chi connectivity index (χ0v) is 19.6. The van der Waals surface area contributed by atoms with Crippen LogP contribution in [0.5, 0.6) is 5.75 Å². The fourth-order valence-corrected chi connectivity index (χ4v) is 5.09. The number of aryl methyl sites for hydroxylation is 1. The maximum absolute atomic E-state index is 13.6. The lowest BCUT2D eigenvalue weighted by Gasteiger charge is -2.33. The van der Waals surface area contributed by atoms with Gasteiger partial charge in [0.2, 0.25) is 5.91 Å². The van der Waals surface area contributed by atoms with Crippen molar-refractivity contribution >= 4 is 23.2 Å². The molecular weight excluding hydrogens is 453 g/mol. The number of hydrogen-bond acceptors (Lipinski definition) is 4. The number of halogens is 3. The fourth-order valence-electron chi connectivity index (χ4n) is 4.10. The van der Waals surface area contributed by atoms with Crippen molar-refractivity contribution in [3.63, 3.8) is 0 Å². The van der Waals surface area contributed by atoms with Crippen LogP contribution < -0.4 is 10.1 Å². The molecule has 1 N–H and O–H groups in total. The third-order valence-corrected chi connectivity index (χ3v) is 6.90. The third kappa shape index (κ3) is 6.72. The van der Waals surface area contributed by atoms with Crippen molar-refractivity contribution in [3.8, 4) is 5.75 Å². The summed E-state index contributed by atoms with van der Waals surface area (Å²) in [6.07, 6.45) is -0.311. The van der Waals surface area contributed by atoms with E-state index in [4.69, 9.17) is 4.74 Å². The first-order valence-electron chi connectivity index (χ1n) is 11.1. The molecule has 0 unspecified atom stereocenters. The van der Waals surface area contributed by atoms with Crippen molar-refractivity contribution in [1.82, 2.24) is 10.2 Å². The second-order valence-corrected chi connectivity index (χ2v) is 9.61. The Bertz CT molecular complexity index is 937. The molecule has 1 fully saturated rings. The average molecular weight is 483 g/mol. The molecule has 33 heavy (non-hydrogen) atoms. The van der Waals surface area contributed by atoms with Crippen LogP contribution in [0.2, 0.25) is 0 Å². The van der Waals surface area contributed by atoms with Crippen molar-refractivity contribution in [3.05, 3.63) is 51.7 Å². The van der Waals surface area contributed by atoms with E-state index in [1.54, 1.807) is 36.4 Å². The van der Waals surface area contributed by atoms with Crippen LogP contribution in [-0.2, 0) is 16.0 Å². The van der Waals surface area contributed by atoms with Crippen LogP contribution in [0.3, 0.4) is 0 Å². The molecular formula is C24H29F3N2O3S. The van der Waals surface area contributed by atoms with E-state index in [0.29, 0.717) is 15.5 Å². The largest absolute Gasteiger partial charge is 0.497 e. The number of methoxy groups -OCH3 is 1. The van der Waals surface area contributed by atoms with E-state index in [1.165, 1.54) is 18.4 Å². The molecule has 1 aliphatic carbocycles. The van der Waals surface area contributed by atoms with E-state index in [0.717, 1.165) is 42.5 Å². The van der Waals surface area contributed by atoms with Crippen molar-refractivity contribution in [2.24, 2.45) is 0 Å². The first-order valence-corrected chi connectivity index (χ1v) is 11.9. The van der Waals surface area contributed by atoms with Crippen LogP contribution in [0, 0.1) is 6.92 Å². The van der Waals surface area contributed by atoms with Crippen LogP contribution in [-0.4, -0.2) is 42.6 Å². The Morgan fingerprint density at radius 1 is 1.12 bits per heavy atom. The SMILES string of the molecule is COc1ccc(CCN(C(=O)C(F)(F)F)[C@@H](C(=O)NC2CCCCC2)c2ccc(C)s2)cc1. The molecule has 9 heteroatoms. The van der Waals surface area contributed by atoms with Gasteiger partial charge in [0.1, 0.15) is 11.8 Å². The van der Waals surface area contributed by atoms with Crippen molar-refractivity contribution in [2.45, 2.75) is 63.7 Å². The van der Waals surface area contributed by atoms with Crippen molar-refractivity contribution in [2.75, 3.05) is 13.7 Å². The number of nitrogens with zero attached hydrogens (tertiary/aromatic N) is 1. The molecule has 0 radical (unpaired) electrons. The second-order valence-electron chi connectivity index (χ2n) is 8.29. The Labute approximate surface area is 195 Å². The quantitative estimate of drug-likeness (QED) is 0.564. The van der Waals surface area contributed by atoms with Crippen molar-refractivity contribution in [1.29, 1.82) is 0 Å². The van der Waals surface area contributed by atoms with E-state index < -0.39 is 24.0 Å². The van der Waals surface area contributed by atoms with Crippen LogP contribution in [0.15, 0.2) is 36.4 Å². The maximum atomic E-state index is 13.6. The number of hydrogen-bond donors (Lipinski definition) is 1. The topological polar surface area (TPSA) is 58.6 Å². The minimum absolute atomic E-state index is 0.0840. The van der Waals surface area contributed by atoms with Crippen LogP contribution in [0.4, 0.5) is 13.2 Å². The lowest BCUT2D eigenvalue weighted by atomic mass is 9.95. The van der Waals surface area contributed by atoms with Gasteiger partial charge in [-0.1, -0.05) is 31.4 Å². The van der Waals surface area contributed by atoms with Crippen LogP contribution in [0.25, 0.3) is 0 Å². The predicted molar refractivity (Wildman–Crippen MR) is 121 cm³/mol. The highest BCUT2D eigenvalue weighted by Crippen LogP contribution is 2.32. The van der Waals surface area contributed by atoms with Gasteiger partial charge in [-0.25, -0.2) is 0 Å². The Morgan fingerprint density at radius 2 is 1.79 bits per heavy atom. The Morgan fingerprint density at radius 3 is 2.33 bits per heavy atom. The molecule has 1 aliphatic rings. The number of ether oxygens (including phenoxy) is 1. The molecule has 1 atom stereocenters. The number of nitrogens with one attached hydrogen (secondary N) is 1. The molecule has 1 saturated carbocycles. The van der Waals surface area contributed by atoms with Gasteiger partial charge in [-0.05, 0) is 56.0 Å². The highest BCUT2D eigenvalue weighted by molar-refractivity contribution is 7.12. The monoisotopic (exact) mass is 482 g/mol. The van der Waals surface area contributed by atoms with Gasteiger partial charge in [-0.15, -0.1) is 11.3 Å². The Kier molecular flexibility index (Phi) is 8.40. The fraction of sp³-hybridized carbons (Fsp3) is 0.500. The summed E-state index contributed by atoms with van der Waals surface area (Å²) in [6, 6.07) is 8.86. The third-order valence-electron chi connectivity index (χ3n) is 5.85. The zero-order valence-electron chi connectivity index (χ0n) is 18.8. The normalized spacial score (nSPS) is 15.7. The summed E-state index contributed by atoms with van der Waals surface area (Å²) < 4.78 is 45.9. The molecule has 0 bridgehead atoms. The zero-order chi connectivity index (χ0) is 24.0. The summed E-state index contributed by atoms with van der Waals surface area (Å²) in [4.78, 5) is 27.8.